The van der Waals surface area contributed by atoms with Crippen LogP contribution < -0.4 is 0 Å². The Morgan fingerprint density at radius 2 is 2.00 bits per heavy atom. The third-order valence-corrected chi connectivity index (χ3v) is 4.41. The van der Waals surface area contributed by atoms with Gasteiger partial charge in [-0.1, -0.05) is 29.7 Å². The first kappa shape index (κ1) is 15.4. The van der Waals surface area contributed by atoms with E-state index in [4.69, 9.17) is 11.5 Å². The van der Waals surface area contributed by atoms with Crippen molar-refractivity contribution >= 4 is 10.0 Å². The smallest absolute Gasteiger partial charge is 0.243 e. The average Bonchev–Trinajstić information content (AvgIpc) is 2.38. The summed E-state index contributed by atoms with van der Waals surface area (Å²) in [5, 5.41) is 8.98. The lowest BCUT2D eigenvalue weighted by molar-refractivity contribution is 0.260. The van der Waals surface area contributed by atoms with Crippen molar-refractivity contribution < 1.29 is 13.5 Å². The molecule has 1 aromatic rings. The highest BCUT2D eigenvalue weighted by Crippen LogP contribution is 2.16. The van der Waals surface area contributed by atoms with Gasteiger partial charge in [-0.3, -0.25) is 0 Å². The van der Waals surface area contributed by atoms with Crippen molar-refractivity contribution in [3.8, 4) is 12.3 Å². The van der Waals surface area contributed by atoms with Gasteiger partial charge in [-0.2, -0.15) is 4.31 Å². The number of aliphatic hydroxyl groups excluding tert-OH is 1. The van der Waals surface area contributed by atoms with Crippen LogP contribution in [0.3, 0.4) is 0 Å². The van der Waals surface area contributed by atoms with E-state index in [1.54, 1.807) is 30.3 Å². The van der Waals surface area contributed by atoms with Crippen LogP contribution in [0.2, 0.25) is 0 Å². The average molecular weight is 279 g/mol. The van der Waals surface area contributed by atoms with E-state index in [1.165, 1.54) is 10.4 Å². The summed E-state index contributed by atoms with van der Waals surface area (Å²) in [6.45, 7) is 1.82. The second-order valence-corrected chi connectivity index (χ2v) is 5.91. The summed E-state index contributed by atoms with van der Waals surface area (Å²) in [6, 6.07) is 6.59. The minimum absolute atomic E-state index is 0.0329. The maximum Gasteiger partial charge on any atom is 0.243 e. The summed E-state index contributed by atoms with van der Waals surface area (Å²) < 4.78 is 25.9. The molecule has 0 saturated carbocycles. The number of sulfonamides is 1. The Morgan fingerprint density at radius 1 is 1.37 bits per heavy atom. The zero-order chi connectivity index (χ0) is 14.3. The summed E-state index contributed by atoms with van der Waals surface area (Å²) in [5.74, 6) is 2.30. The summed E-state index contributed by atoms with van der Waals surface area (Å²) >= 11 is 0. The molecule has 102 valence electrons. The molecule has 0 bridgehead atoms. The predicted molar refractivity (Wildman–Crippen MR) is 75.0 cm³/mol. The molecule has 0 fully saturated rings. The van der Waals surface area contributed by atoms with Crippen LogP contribution >= 0.6 is 0 Å². The van der Waals surface area contributed by atoms with Crippen molar-refractivity contribution in [1.29, 1.82) is 0 Å². The largest absolute Gasteiger partial charge is 0.395 e. The Morgan fingerprint density at radius 3 is 2.53 bits per heavy atom. The first-order valence-electron chi connectivity index (χ1n) is 5.81. The van der Waals surface area contributed by atoms with E-state index in [2.05, 4.69) is 5.92 Å². The highest BCUT2D eigenvalue weighted by Gasteiger charge is 2.22. The third-order valence-electron chi connectivity index (χ3n) is 2.53. The van der Waals surface area contributed by atoms with Crippen LogP contribution in [0.25, 0.3) is 0 Å². The molecule has 0 radical (unpaired) electrons. The van der Waals surface area contributed by atoms with Crippen LogP contribution in [0, 0.1) is 19.3 Å². The molecular weight excluding hydrogens is 262 g/mol. The second kappa shape index (κ2) is 7.10. The number of rotatable bonds is 6. The van der Waals surface area contributed by atoms with E-state index in [1.807, 2.05) is 6.92 Å². The molecule has 0 unspecified atom stereocenters. The summed E-state index contributed by atoms with van der Waals surface area (Å²) in [5.41, 5.74) is 0.986. The van der Waals surface area contributed by atoms with Gasteiger partial charge in [-0.25, -0.2) is 8.42 Å². The number of aliphatic hydroxyl groups is 1. The first-order valence-corrected chi connectivity index (χ1v) is 7.25. The van der Waals surface area contributed by atoms with E-state index in [9.17, 15) is 8.42 Å². The number of allylic oxidation sites excluding steroid dienone is 1. The molecule has 1 rings (SSSR count). The Bertz CT molecular complexity index is 568. The fourth-order valence-corrected chi connectivity index (χ4v) is 2.90. The number of terminal acetylenes is 1. The summed E-state index contributed by atoms with van der Waals surface area (Å²) in [4.78, 5) is 0.209. The van der Waals surface area contributed by atoms with Crippen molar-refractivity contribution in [3.05, 3.63) is 42.0 Å². The lowest BCUT2D eigenvalue weighted by atomic mass is 10.2. The zero-order valence-electron chi connectivity index (χ0n) is 10.8. The molecule has 1 N–H and O–H groups in total. The van der Waals surface area contributed by atoms with Crippen LogP contribution in [0.5, 0.6) is 0 Å². The SMILES string of the molecule is C#C/C=C/CN(CCO)S(=O)(=O)c1ccc(C)cc1. The summed E-state index contributed by atoms with van der Waals surface area (Å²) in [7, 11) is -3.61. The normalized spacial score (nSPS) is 11.9. The maximum absolute atomic E-state index is 12.4. The minimum Gasteiger partial charge on any atom is -0.395 e. The van der Waals surface area contributed by atoms with E-state index in [0.717, 1.165) is 5.56 Å². The van der Waals surface area contributed by atoms with Gasteiger partial charge in [0.25, 0.3) is 0 Å². The fraction of sp³-hybridized carbons (Fsp3) is 0.286. The topological polar surface area (TPSA) is 57.6 Å². The molecule has 1 aromatic carbocycles. The number of aryl methyl sites for hydroxylation is 1. The van der Waals surface area contributed by atoms with Gasteiger partial charge in [0.15, 0.2) is 0 Å². The number of hydrogen-bond acceptors (Lipinski definition) is 3. The zero-order valence-corrected chi connectivity index (χ0v) is 11.6. The second-order valence-electron chi connectivity index (χ2n) is 3.97. The third kappa shape index (κ3) is 4.21. The molecular formula is C14H17NO3S. The van der Waals surface area contributed by atoms with E-state index in [0.29, 0.717) is 0 Å². The quantitative estimate of drug-likeness (QED) is 0.795. The lowest BCUT2D eigenvalue weighted by Gasteiger charge is -2.19. The molecule has 4 nitrogen and oxygen atoms in total. The molecule has 19 heavy (non-hydrogen) atoms. The minimum atomic E-state index is -3.61. The van der Waals surface area contributed by atoms with E-state index >= 15 is 0 Å². The molecule has 0 saturated heterocycles. The van der Waals surface area contributed by atoms with Gasteiger partial charge in [-0.05, 0) is 25.1 Å². The molecule has 0 aliphatic heterocycles. The van der Waals surface area contributed by atoms with Crippen LogP contribution in [-0.4, -0.2) is 37.5 Å². The van der Waals surface area contributed by atoms with Gasteiger partial charge in [0.1, 0.15) is 0 Å². The number of hydrogen-bond donors (Lipinski definition) is 1. The van der Waals surface area contributed by atoms with Crippen molar-refractivity contribution in [2.45, 2.75) is 11.8 Å². The van der Waals surface area contributed by atoms with E-state index in [-0.39, 0.29) is 24.6 Å². The van der Waals surface area contributed by atoms with Gasteiger partial charge >= 0.3 is 0 Å². The molecule has 0 amide bonds. The molecule has 0 spiro atoms. The van der Waals surface area contributed by atoms with E-state index < -0.39 is 10.0 Å². The van der Waals surface area contributed by atoms with Crippen molar-refractivity contribution in [2.24, 2.45) is 0 Å². The van der Waals surface area contributed by atoms with Crippen molar-refractivity contribution in [1.82, 2.24) is 4.31 Å². The van der Waals surface area contributed by atoms with Crippen LogP contribution in [0.15, 0.2) is 41.3 Å². The first-order chi connectivity index (χ1) is 9.02. The Hall–Kier alpha value is -1.61. The predicted octanol–water partition coefficient (Wildman–Crippen LogP) is 1.17. The maximum atomic E-state index is 12.4. The van der Waals surface area contributed by atoms with Gasteiger partial charge in [-0.15, -0.1) is 6.42 Å². The monoisotopic (exact) mass is 279 g/mol. The van der Waals surface area contributed by atoms with Crippen molar-refractivity contribution in [3.63, 3.8) is 0 Å². The van der Waals surface area contributed by atoms with Gasteiger partial charge in [0.05, 0.1) is 11.5 Å². The Balaban J connectivity index is 3.02. The molecule has 0 aromatic heterocycles. The van der Waals surface area contributed by atoms with Gasteiger partial charge < -0.3 is 5.11 Å². The van der Waals surface area contributed by atoms with Crippen LogP contribution in [-0.2, 0) is 10.0 Å². The molecule has 0 aliphatic carbocycles. The Labute approximate surface area is 114 Å². The van der Waals surface area contributed by atoms with Crippen molar-refractivity contribution in [2.75, 3.05) is 19.7 Å². The lowest BCUT2D eigenvalue weighted by Crippen LogP contribution is -2.33. The summed E-state index contributed by atoms with van der Waals surface area (Å²) in [6.07, 6.45) is 8.08. The van der Waals surface area contributed by atoms with Gasteiger partial charge in [0.2, 0.25) is 10.0 Å². The highest BCUT2D eigenvalue weighted by molar-refractivity contribution is 7.89. The molecule has 0 atom stereocenters. The van der Waals surface area contributed by atoms with Crippen LogP contribution in [0.1, 0.15) is 5.56 Å². The molecule has 0 heterocycles. The van der Waals surface area contributed by atoms with Crippen LogP contribution in [0.4, 0.5) is 0 Å². The highest BCUT2D eigenvalue weighted by atomic mass is 32.2. The Kier molecular flexibility index (Phi) is 5.77. The standard InChI is InChI=1S/C14H17NO3S/c1-3-4-5-10-15(11-12-16)19(17,18)14-8-6-13(2)7-9-14/h1,4-9,16H,10-12H2,2H3/b5-4+. The van der Waals surface area contributed by atoms with Gasteiger partial charge in [0, 0.05) is 13.1 Å². The number of nitrogens with zero attached hydrogens (tertiary/aromatic N) is 1. The number of benzene rings is 1. The fourth-order valence-electron chi connectivity index (χ4n) is 1.52. The molecule has 0 aliphatic rings. The molecule has 5 heteroatoms.